The molecule has 0 aliphatic carbocycles. The first-order chi connectivity index (χ1) is 17.4. The number of carboxylic acids is 1. The molecule has 0 saturated carbocycles. The van der Waals surface area contributed by atoms with E-state index in [1.54, 1.807) is 0 Å². The number of nitrogens with zero attached hydrogens (tertiary/aromatic N) is 1. The van der Waals surface area contributed by atoms with Crippen LogP contribution in [0.5, 0.6) is 5.75 Å². The number of hydrogen-bond donors (Lipinski definition) is 4. The van der Waals surface area contributed by atoms with Gasteiger partial charge in [0.2, 0.25) is 0 Å². The Bertz CT molecular complexity index is 1500. The molecule has 2 aromatic carbocycles. The van der Waals surface area contributed by atoms with Gasteiger partial charge in [-0.25, -0.2) is 18.7 Å². The van der Waals surface area contributed by atoms with Gasteiger partial charge in [0.1, 0.15) is 11.3 Å². The quantitative estimate of drug-likeness (QED) is 0.282. The number of halogens is 1. The van der Waals surface area contributed by atoms with Crippen molar-refractivity contribution in [2.24, 2.45) is 0 Å². The second kappa shape index (κ2) is 11.4. The summed E-state index contributed by atoms with van der Waals surface area (Å²) >= 11 is 0. The van der Waals surface area contributed by atoms with Gasteiger partial charge >= 0.3 is 17.7 Å². The molecule has 0 fully saturated rings. The van der Waals surface area contributed by atoms with Gasteiger partial charge in [-0.05, 0) is 29.3 Å². The van der Waals surface area contributed by atoms with Crippen LogP contribution in [0, 0.1) is 5.82 Å². The smallest absolute Gasteiger partial charge is 0.414 e. The number of rotatable bonds is 10. The van der Waals surface area contributed by atoms with E-state index in [0.29, 0.717) is 10.9 Å². The van der Waals surface area contributed by atoms with Gasteiger partial charge in [0.05, 0.1) is 12.2 Å². The Morgan fingerprint density at radius 3 is 2.54 bits per heavy atom. The van der Waals surface area contributed by atoms with E-state index in [-0.39, 0.29) is 41.1 Å². The van der Waals surface area contributed by atoms with Crippen molar-refractivity contribution in [3.8, 4) is 5.75 Å². The van der Waals surface area contributed by atoms with Crippen LogP contribution in [0.2, 0.25) is 0 Å². The highest BCUT2D eigenvalue weighted by molar-refractivity contribution is 7.90. The van der Waals surface area contributed by atoms with E-state index in [4.69, 9.17) is 14.3 Å². The predicted molar refractivity (Wildman–Crippen MR) is 132 cm³/mol. The van der Waals surface area contributed by atoms with E-state index in [1.807, 2.05) is 4.72 Å². The molecule has 0 bridgehead atoms. The minimum Gasteiger partial charge on any atom is -0.480 e. The highest BCUT2D eigenvalue weighted by Gasteiger charge is 2.20. The molecule has 14 heteroatoms. The van der Waals surface area contributed by atoms with Crippen LogP contribution < -0.4 is 25.1 Å². The van der Waals surface area contributed by atoms with Crippen LogP contribution in [0.25, 0.3) is 11.0 Å². The van der Waals surface area contributed by atoms with Gasteiger partial charge in [-0.2, -0.15) is 8.42 Å². The molecule has 198 valence electrons. The van der Waals surface area contributed by atoms with E-state index in [9.17, 15) is 22.8 Å². The number of carboxylic acid groups (broad SMARTS) is 1. The van der Waals surface area contributed by atoms with E-state index in [2.05, 4.69) is 10.0 Å². The fourth-order valence-corrected chi connectivity index (χ4v) is 3.95. The molecular weight excluding hydrogens is 511 g/mol. The van der Waals surface area contributed by atoms with Crippen molar-refractivity contribution in [3.63, 3.8) is 0 Å². The Hall–Kier alpha value is -4.01. The molecule has 0 unspecified atom stereocenters. The number of carbonyl (C=O) groups excluding carboxylic acids is 1. The maximum absolute atomic E-state index is 15.2. The van der Waals surface area contributed by atoms with Gasteiger partial charge < -0.3 is 24.5 Å². The SMILES string of the molecule is CNS(=O)(=O)Nc1cccc(Cc2c(CNCC(=O)O)c3ccc(OC(=O)N(C)C)cc3oc2=O)c1F. The zero-order chi connectivity index (χ0) is 27.3. The standard InChI is InChI=1S/C23H25FN4O8S/c1-25-37(33,34)27-18-6-4-5-13(21(18)24)9-16-17(11-26-12-20(29)30)15-8-7-14(35-23(32)28(2)3)10-19(15)36-22(16)31/h4-8,10,25-27H,9,11-12H2,1-3H3,(H,29,30). The summed E-state index contributed by atoms with van der Waals surface area (Å²) in [4.78, 5) is 37.1. The summed E-state index contributed by atoms with van der Waals surface area (Å²) in [6.45, 7) is -0.483. The second-order valence-electron chi connectivity index (χ2n) is 8.03. The summed E-state index contributed by atoms with van der Waals surface area (Å²) in [6, 6.07) is 8.38. The summed E-state index contributed by atoms with van der Waals surface area (Å²) in [7, 11) is 0.167. The van der Waals surface area contributed by atoms with E-state index in [0.717, 1.165) is 7.05 Å². The number of anilines is 1. The van der Waals surface area contributed by atoms with Gasteiger partial charge in [-0.3, -0.25) is 9.52 Å². The van der Waals surface area contributed by atoms with E-state index >= 15 is 4.39 Å². The monoisotopic (exact) mass is 536 g/mol. The molecule has 0 radical (unpaired) electrons. The van der Waals surface area contributed by atoms with Crippen LogP contribution in [0.1, 0.15) is 16.7 Å². The van der Waals surface area contributed by atoms with Crippen molar-refractivity contribution in [1.29, 1.82) is 0 Å². The molecule has 3 rings (SSSR count). The minimum atomic E-state index is -3.99. The molecule has 0 atom stereocenters. The highest BCUT2D eigenvalue weighted by Crippen LogP contribution is 2.28. The summed E-state index contributed by atoms with van der Waals surface area (Å²) < 4.78 is 53.5. The molecule has 4 N–H and O–H groups in total. The Morgan fingerprint density at radius 2 is 1.89 bits per heavy atom. The van der Waals surface area contributed by atoms with Crippen molar-refractivity contribution in [2.75, 3.05) is 32.4 Å². The van der Waals surface area contributed by atoms with Crippen LogP contribution in [0.3, 0.4) is 0 Å². The highest BCUT2D eigenvalue weighted by atomic mass is 32.2. The molecule has 0 aliphatic rings. The minimum absolute atomic E-state index is 0.000953. The zero-order valence-corrected chi connectivity index (χ0v) is 20.9. The molecule has 3 aromatic rings. The number of carbonyl (C=O) groups is 2. The van der Waals surface area contributed by atoms with Crippen LogP contribution >= 0.6 is 0 Å². The molecule has 0 spiro atoms. The molecule has 12 nitrogen and oxygen atoms in total. The number of ether oxygens (including phenoxy) is 1. The average molecular weight is 537 g/mol. The number of amides is 1. The van der Waals surface area contributed by atoms with Crippen molar-refractivity contribution in [1.82, 2.24) is 14.9 Å². The lowest BCUT2D eigenvalue weighted by molar-refractivity contribution is -0.136. The van der Waals surface area contributed by atoms with Crippen LogP contribution in [0.4, 0.5) is 14.9 Å². The molecular formula is C23H25FN4O8S. The zero-order valence-electron chi connectivity index (χ0n) is 20.1. The van der Waals surface area contributed by atoms with Gasteiger partial charge in [0, 0.05) is 51.1 Å². The third kappa shape index (κ3) is 6.81. The van der Waals surface area contributed by atoms with Crippen molar-refractivity contribution >= 4 is 38.9 Å². The summed E-state index contributed by atoms with van der Waals surface area (Å²) in [5.74, 6) is -1.90. The van der Waals surface area contributed by atoms with Crippen molar-refractivity contribution < 1.29 is 36.7 Å². The first kappa shape index (κ1) is 27.6. The van der Waals surface area contributed by atoms with Crippen LogP contribution in [-0.4, -0.2) is 58.2 Å². The first-order valence-corrected chi connectivity index (χ1v) is 12.3. The van der Waals surface area contributed by atoms with Gasteiger partial charge in [-0.15, -0.1) is 0 Å². The third-order valence-corrected chi connectivity index (χ3v) is 6.22. The number of nitrogens with one attached hydrogen (secondary N) is 3. The largest absolute Gasteiger partial charge is 0.480 e. The number of aliphatic carboxylic acids is 1. The van der Waals surface area contributed by atoms with Crippen LogP contribution in [0.15, 0.2) is 45.6 Å². The molecule has 0 saturated heterocycles. The molecule has 1 amide bonds. The molecule has 37 heavy (non-hydrogen) atoms. The summed E-state index contributed by atoms with van der Waals surface area (Å²) in [5, 5.41) is 12.1. The average Bonchev–Trinajstić information content (AvgIpc) is 2.82. The third-order valence-electron chi connectivity index (χ3n) is 5.20. The van der Waals surface area contributed by atoms with Gasteiger partial charge in [0.15, 0.2) is 5.82 Å². The normalized spacial score (nSPS) is 11.4. The van der Waals surface area contributed by atoms with E-state index < -0.39 is 40.3 Å². The number of hydrogen-bond acceptors (Lipinski definition) is 8. The summed E-state index contributed by atoms with van der Waals surface area (Å²) in [6.07, 6.45) is -0.924. The van der Waals surface area contributed by atoms with Crippen LogP contribution in [-0.2, 0) is 28.0 Å². The fraction of sp³-hybridized carbons (Fsp3) is 0.261. The number of benzene rings is 2. The Kier molecular flexibility index (Phi) is 8.47. The fourth-order valence-electron chi connectivity index (χ4n) is 3.40. The lowest BCUT2D eigenvalue weighted by Crippen LogP contribution is -2.27. The van der Waals surface area contributed by atoms with Crippen molar-refractivity contribution in [2.45, 2.75) is 13.0 Å². The molecule has 0 aliphatic heterocycles. The Morgan fingerprint density at radius 1 is 1.16 bits per heavy atom. The second-order valence-corrected chi connectivity index (χ2v) is 9.65. The van der Waals surface area contributed by atoms with Crippen molar-refractivity contribution in [3.05, 3.63) is 69.3 Å². The summed E-state index contributed by atoms with van der Waals surface area (Å²) in [5.41, 5.74) is -0.694. The first-order valence-electron chi connectivity index (χ1n) is 10.8. The molecule has 1 heterocycles. The maximum atomic E-state index is 15.2. The number of fused-ring (bicyclic) bond motifs is 1. The van der Waals surface area contributed by atoms with Gasteiger partial charge in [0.25, 0.3) is 10.2 Å². The topological polar surface area (TPSA) is 167 Å². The Labute approximate surface area is 211 Å². The maximum Gasteiger partial charge on any atom is 0.414 e. The van der Waals surface area contributed by atoms with Gasteiger partial charge in [-0.1, -0.05) is 12.1 Å². The van der Waals surface area contributed by atoms with E-state index in [1.165, 1.54) is 55.4 Å². The Balaban J connectivity index is 2.08. The molecule has 1 aromatic heterocycles. The lowest BCUT2D eigenvalue weighted by Gasteiger charge is -2.15. The predicted octanol–water partition coefficient (Wildman–Crippen LogP) is 1.63. The lowest BCUT2D eigenvalue weighted by atomic mass is 9.97.